The second kappa shape index (κ2) is 4.73. The minimum absolute atomic E-state index is 0.326. The molecule has 0 unspecified atom stereocenters. The largest absolute Gasteiger partial charge is 0.290 e. The first-order valence-corrected chi connectivity index (χ1v) is 6.66. The fourth-order valence-electron chi connectivity index (χ4n) is 1.17. The molecular formula is C10H5Br2NO2S. The summed E-state index contributed by atoms with van der Waals surface area (Å²) in [6.07, 6.45) is 1.68. The number of nitrogens with one attached hydrogen (secondary N) is 1. The van der Waals surface area contributed by atoms with E-state index in [1.807, 2.05) is 18.2 Å². The molecule has 0 spiro atoms. The molecule has 82 valence electrons. The summed E-state index contributed by atoms with van der Waals surface area (Å²) in [5.41, 5.74) is 0.863. The van der Waals surface area contributed by atoms with E-state index < -0.39 is 0 Å². The molecule has 3 nitrogen and oxygen atoms in total. The Bertz CT molecular complexity index is 514. The molecule has 0 radical (unpaired) electrons. The minimum Gasteiger partial charge on any atom is -0.282 e. The van der Waals surface area contributed by atoms with Crippen molar-refractivity contribution in [1.82, 2.24) is 5.32 Å². The highest BCUT2D eigenvalue weighted by Crippen LogP contribution is 2.28. The van der Waals surface area contributed by atoms with Crippen LogP contribution in [0.25, 0.3) is 6.08 Å². The van der Waals surface area contributed by atoms with Crippen LogP contribution in [0.4, 0.5) is 4.79 Å². The SMILES string of the molecule is O=C1NC(=O)C(=Cc2ccc(Br)c(Br)c2)S1. The van der Waals surface area contributed by atoms with Crippen molar-refractivity contribution in [2.75, 3.05) is 0 Å². The molecule has 1 aromatic rings. The van der Waals surface area contributed by atoms with Gasteiger partial charge in [-0.25, -0.2) is 0 Å². The maximum absolute atomic E-state index is 11.3. The van der Waals surface area contributed by atoms with Gasteiger partial charge in [-0.05, 0) is 67.4 Å². The van der Waals surface area contributed by atoms with E-state index in [2.05, 4.69) is 37.2 Å². The van der Waals surface area contributed by atoms with Crippen LogP contribution in [0, 0.1) is 0 Å². The van der Waals surface area contributed by atoms with Crippen LogP contribution in [0.5, 0.6) is 0 Å². The quantitative estimate of drug-likeness (QED) is 0.777. The molecule has 2 amide bonds. The van der Waals surface area contributed by atoms with Crippen LogP contribution in [-0.2, 0) is 4.79 Å². The van der Waals surface area contributed by atoms with Crippen molar-refractivity contribution in [3.63, 3.8) is 0 Å². The van der Waals surface area contributed by atoms with Gasteiger partial charge in [0.25, 0.3) is 11.1 Å². The molecule has 0 saturated carbocycles. The van der Waals surface area contributed by atoms with Crippen molar-refractivity contribution in [2.24, 2.45) is 0 Å². The number of carbonyl (C=O) groups is 2. The predicted octanol–water partition coefficient (Wildman–Crippen LogP) is 3.54. The van der Waals surface area contributed by atoms with E-state index in [-0.39, 0.29) is 11.1 Å². The number of thioether (sulfide) groups is 1. The summed E-state index contributed by atoms with van der Waals surface area (Å²) in [5.74, 6) is -0.339. The topological polar surface area (TPSA) is 46.2 Å². The molecule has 0 aliphatic carbocycles. The smallest absolute Gasteiger partial charge is 0.282 e. The normalized spacial score (nSPS) is 18.0. The molecule has 1 aliphatic rings. The zero-order valence-corrected chi connectivity index (χ0v) is 11.8. The molecule has 1 aromatic carbocycles. The average molecular weight is 363 g/mol. The average Bonchev–Trinajstić information content (AvgIpc) is 2.51. The monoisotopic (exact) mass is 361 g/mol. The van der Waals surface area contributed by atoms with Gasteiger partial charge in [0.15, 0.2) is 0 Å². The summed E-state index contributed by atoms with van der Waals surface area (Å²) in [7, 11) is 0. The Labute approximate surface area is 113 Å². The molecule has 0 atom stereocenters. The zero-order chi connectivity index (χ0) is 11.7. The lowest BCUT2D eigenvalue weighted by Crippen LogP contribution is -2.17. The van der Waals surface area contributed by atoms with Gasteiger partial charge in [0, 0.05) is 8.95 Å². The predicted molar refractivity (Wildman–Crippen MR) is 70.9 cm³/mol. The Hall–Kier alpha value is -0.590. The van der Waals surface area contributed by atoms with E-state index in [4.69, 9.17) is 0 Å². The third kappa shape index (κ3) is 2.56. The Morgan fingerprint density at radius 3 is 2.50 bits per heavy atom. The highest BCUT2D eigenvalue weighted by Gasteiger charge is 2.24. The number of halogens is 2. The molecule has 1 N–H and O–H groups in total. The molecular weight excluding hydrogens is 358 g/mol. The molecule has 16 heavy (non-hydrogen) atoms. The second-order valence-electron chi connectivity index (χ2n) is 3.03. The first-order valence-electron chi connectivity index (χ1n) is 4.26. The molecule has 1 saturated heterocycles. The third-order valence-electron chi connectivity index (χ3n) is 1.88. The Morgan fingerprint density at radius 2 is 1.94 bits per heavy atom. The van der Waals surface area contributed by atoms with Gasteiger partial charge in [-0.1, -0.05) is 6.07 Å². The summed E-state index contributed by atoms with van der Waals surface area (Å²) < 4.78 is 1.84. The molecule has 1 aliphatic heterocycles. The number of amides is 2. The summed E-state index contributed by atoms with van der Waals surface area (Å²) in [6, 6.07) is 5.60. The van der Waals surface area contributed by atoms with Gasteiger partial charge in [0.2, 0.25) is 0 Å². The molecule has 0 bridgehead atoms. The van der Waals surface area contributed by atoms with Crippen molar-refractivity contribution in [3.8, 4) is 0 Å². The van der Waals surface area contributed by atoms with Gasteiger partial charge >= 0.3 is 0 Å². The molecule has 0 aromatic heterocycles. The molecule has 1 fully saturated rings. The Morgan fingerprint density at radius 1 is 1.19 bits per heavy atom. The lowest BCUT2D eigenvalue weighted by atomic mass is 10.2. The fraction of sp³-hybridized carbons (Fsp3) is 0. The molecule has 2 rings (SSSR count). The first-order chi connectivity index (χ1) is 7.56. The van der Waals surface area contributed by atoms with Crippen molar-refractivity contribution in [2.45, 2.75) is 0 Å². The second-order valence-corrected chi connectivity index (χ2v) is 5.75. The minimum atomic E-state index is -0.339. The van der Waals surface area contributed by atoms with Crippen LogP contribution in [0.2, 0.25) is 0 Å². The van der Waals surface area contributed by atoms with Gasteiger partial charge < -0.3 is 0 Å². The summed E-state index contributed by atoms with van der Waals surface area (Å²) in [4.78, 5) is 22.7. The Kier molecular flexibility index (Phi) is 3.51. The fourth-order valence-corrected chi connectivity index (χ4v) is 2.50. The number of benzene rings is 1. The van der Waals surface area contributed by atoms with Crippen LogP contribution < -0.4 is 5.32 Å². The lowest BCUT2D eigenvalue weighted by molar-refractivity contribution is -0.115. The van der Waals surface area contributed by atoms with E-state index in [0.717, 1.165) is 26.3 Å². The number of carbonyl (C=O) groups excluding carboxylic acids is 2. The highest BCUT2D eigenvalue weighted by atomic mass is 79.9. The maximum atomic E-state index is 11.3. The van der Waals surface area contributed by atoms with Crippen LogP contribution in [0.1, 0.15) is 5.56 Å². The third-order valence-corrected chi connectivity index (χ3v) is 4.57. The van der Waals surface area contributed by atoms with E-state index in [0.29, 0.717) is 4.91 Å². The van der Waals surface area contributed by atoms with Crippen molar-refractivity contribution < 1.29 is 9.59 Å². The van der Waals surface area contributed by atoms with E-state index in [1.165, 1.54) is 0 Å². The van der Waals surface area contributed by atoms with Crippen LogP contribution >= 0.6 is 43.6 Å². The van der Waals surface area contributed by atoms with Crippen molar-refractivity contribution in [1.29, 1.82) is 0 Å². The van der Waals surface area contributed by atoms with Gasteiger partial charge in [-0.2, -0.15) is 0 Å². The summed E-state index contributed by atoms with van der Waals surface area (Å²) in [5, 5.41) is 1.88. The number of rotatable bonds is 1. The molecule has 1 heterocycles. The maximum Gasteiger partial charge on any atom is 0.290 e. The highest BCUT2D eigenvalue weighted by molar-refractivity contribution is 9.13. The van der Waals surface area contributed by atoms with Crippen LogP contribution in [-0.4, -0.2) is 11.1 Å². The van der Waals surface area contributed by atoms with E-state index in [9.17, 15) is 9.59 Å². The van der Waals surface area contributed by atoms with Gasteiger partial charge in [-0.15, -0.1) is 0 Å². The summed E-state index contributed by atoms with van der Waals surface area (Å²) in [6.45, 7) is 0. The Balaban J connectivity index is 2.32. The summed E-state index contributed by atoms with van der Waals surface area (Å²) >= 11 is 7.64. The molecule has 6 heteroatoms. The van der Waals surface area contributed by atoms with Crippen LogP contribution in [0.3, 0.4) is 0 Å². The number of hydrogen-bond acceptors (Lipinski definition) is 3. The number of imide groups is 1. The standard InChI is InChI=1S/C10H5Br2NO2S/c11-6-2-1-5(3-7(6)12)4-8-9(14)13-10(15)16-8/h1-4H,(H,13,14,15). The first kappa shape index (κ1) is 11.9. The lowest BCUT2D eigenvalue weighted by Gasteiger charge is -1.98. The van der Waals surface area contributed by atoms with Gasteiger partial charge in [0.05, 0.1) is 4.91 Å². The van der Waals surface area contributed by atoms with Crippen molar-refractivity contribution in [3.05, 3.63) is 37.6 Å². The van der Waals surface area contributed by atoms with E-state index in [1.54, 1.807) is 6.08 Å². The van der Waals surface area contributed by atoms with Crippen LogP contribution in [0.15, 0.2) is 32.0 Å². The van der Waals surface area contributed by atoms with Gasteiger partial charge in [0.1, 0.15) is 0 Å². The van der Waals surface area contributed by atoms with E-state index >= 15 is 0 Å². The zero-order valence-electron chi connectivity index (χ0n) is 7.79. The van der Waals surface area contributed by atoms with Crippen molar-refractivity contribution >= 4 is 60.8 Å². The number of hydrogen-bond donors (Lipinski definition) is 1. The van der Waals surface area contributed by atoms with Gasteiger partial charge in [-0.3, -0.25) is 14.9 Å².